The van der Waals surface area contributed by atoms with Gasteiger partial charge < -0.3 is 25.3 Å². The molecule has 0 unspecified atom stereocenters. The second-order valence-corrected chi connectivity index (χ2v) is 6.51. The van der Waals surface area contributed by atoms with Gasteiger partial charge in [0.2, 0.25) is 6.79 Å². The molecule has 0 amide bonds. The van der Waals surface area contributed by atoms with E-state index < -0.39 is 0 Å². The van der Waals surface area contributed by atoms with Gasteiger partial charge in [-0.25, -0.2) is 0 Å². The van der Waals surface area contributed by atoms with Crippen molar-refractivity contribution < 1.29 is 14.2 Å². The lowest BCUT2D eigenvalue weighted by molar-refractivity contribution is 0.174. The van der Waals surface area contributed by atoms with Crippen molar-refractivity contribution in [2.75, 3.05) is 25.8 Å². The lowest BCUT2D eigenvalue weighted by atomic mass is 9.84. The highest BCUT2D eigenvalue weighted by Crippen LogP contribution is 2.36. The maximum absolute atomic E-state index is 6.01. The first-order valence-electron chi connectivity index (χ1n) is 8.09. The van der Waals surface area contributed by atoms with Crippen LogP contribution in [-0.4, -0.2) is 26.4 Å². The maximum atomic E-state index is 6.01. The Balaban J connectivity index is 1.66. The first-order valence-corrected chi connectivity index (χ1v) is 8.09. The lowest BCUT2D eigenvalue weighted by Gasteiger charge is -2.23. The summed E-state index contributed by atoms with van der Waals surface area (Å²) in [4.78, 5) is 4.48. The van der Waals surface area contributed by atoms with Gasteiger partial charge in [-0.1, -0.05) is 19.9 Å². The molecule has 0 fully saturated rings. The van der Waals surface area contributed by atoms with Crippen LogP contribution in [-0.2, 0) is 5.41 Å². The summed E-state index contributed by atoms with van der Waals surface area (Å²) in [5.74, 6) is 2.73. The van der Waals surface area contributed by atoms with Crippen molar-refractivity contribution in [1.29, 1.82) is 0 Å². The lowest BCUT2D eigenvalue weighted by Crippen LogP contribution is -2.27. The number of rotatable bonds is 5. The maximum Gasteiger partial charge on any atom is 0.231 e. The van der Waals surface area contributed by atoms with Gasteiger partial charge in [0.1, 0.15) is 5.75 Å². The highest BCUT2D eigenvalue weighted by Gasteiger charge is 2.24. The number of nitrogens with two attached hydrogens (primary N) is 1. The Morgan fingerprint density at radius 3 is 2.60 bits per heavy atom. The molecule has 1 aliphatic heterocycles. The molecule has 3 rings (SSSR count). The van der Waals surface area contributed by atoms with E-state index in [-0.39, 0.29) is 12.2 Å². The van der Waals surface area contributed by atoms with Crippen molar-refractivity contribution >= 4 is 11.6 Å². The second-order valence-electron chi connectivity index (χ2n) is 6.51. The summed E-state index contributed by atoms with van der Waals surface area (Å²) < 4.78 is 15.9. The molecule has 0 aliphatic carbocycles. The number of hydrogen-bond acceptors (Lipinski definition) is 4. The number of benzene rings is 2. The molecule has 25 heavy (non-hydrogen) atoms. The van der Waals surface area contributed by atoms with Crippen molar-refractivity contribution in [3.63, 3.8) is 0 Å². The standard InChI is InChI=1S/C19H23N3O3/c1-19(2,13-4-9-16-17(10-13)25-12-24-16)11-21-18(20)22-14-5-7-15(23-3)8-6-14/h4-10H,11-12H2,1-3H3,(H3,20,21,22). The molecule has 0 atom stereocenters. The highest BCUT2D eigenvalue weighted by molar-refractivity contribution is 5.92. The van der Waals surface area contributed by atoms with Crippen LogP contribution < -0.4 is 25.3 Å². The summed E-state index contributed by atoms with van der Waals surface area (Å²) in [7, 11) is 1.64. The third kappa shape index (κ3) is 3.96. The Morgan fingerprint density at radius 2 is 1.88 bits per heavy atom. The van der Waals surface area contributed by atoms with Crippen molar-refractivity contribution in [1.82, 2.24) is 0 Å². The van der Waals surface area contributed by atoms with Crippen molar-refractivity contribution in [3.8, 4) is 17.2 Å². The SMILES string of the molecule is COc1ccc(NC(N)=NCC(C)(C)c2ccc3c(c2)OCO3)cc1. The Kier molecular flexibility index (Phi) is 4.70. The van der Waals surface area contributed by atoms with Crippen LogP contribution >= 0.6 is 0 Å². The molecule has 3 N–H and O–H groups in total. The monoisotopic (exact) mass is 341 g/mol. The van der Waals surface area contributed by atoms with Gasteiger partial charge in [-0.15, -0.1) is 0 Å². The number of nitrogens with one attached hydrogen (secondary N) is 1. The number of aliphatic imine (C=N–C) groups is 1. The molecule has 0 aromatic heterocycles. The van der Waals surface area contributed by atoms with E-state index in [2.05, 4.69) is 24.2 Å². The third-order valence-electron chi connectivity index (χ3n) is 4.16. The summed E-state index contributed by atoms with van der Waals surface area (Å²) in [6.07, 6.45) is 0. The first kappa shape index (κ1) is 17.0. The highest BCUT2D eigenvalue weighted by atomic mass is 16.7. The fourth-order valence-corrected chi connectivity index (χ4v) is 2.55. The molecule has 1 heterocycles. The molecule has 132 valence electrons. The van der Waals surface area contributed by atoms with Crippen LogP contribution in [0.3, 0.4) is 0 Å². The van der Waals surface area contributed by atoms with Crippen LogP contribution in [0.4, 0.5) is 5.69 Å². The van der Waals surface area contributed by atoms with E-state index in [0.29, 0.717) is 12.5 Å². The predicted octanol–water partition coefficient (Wildman–Crippen LogP) is 3.13. The van der Waals surface area contributed by atoms with Crippen molar-refractivity contribution in [3.05, 3.63) is 48.0 Å². The topological polar surface area (TPSA) is 78.1 Å². The minimum absolute atomic E-state index is 0.187. The summed E-state index contributed by atoms with van der Waals surface area (Å²) in [5, 5.41) is 3.09. The summed E-state index contributed by atoms with van der Waals surface area (Å²) in [5.41, 5.74) is 7.81. The molecule has 0 saturated heterocycles. The van der Waals surface area contributed by atoms with Crippen molar-refractivity contribution in [2.45, 2.75) is 19.3 Å². The first-order chi connectivity index (χ1) is 12.0. The van der Waals surface area contributed by atoms with Crippen LogP contribution in [0.1, 0.15) is 19.4 Å². The van der Waals surface area contributed by atoms with E-state index in [1.165, 1.54) is 0 Å². The zero-order valence-corrected chi connectivity index (χ0v) is 14.7. The molecule has 0 radical (unpaired) electrons. The summed E-state index contributed by atoms with van der Waals surface area (Å²) in [6, 6.07) is 13.5. The number of ether oxygens (including phenoxy) is 3. The molecule has 1 aliphatic rings. The normalized spacial score (nSPS) is 13.6. The minimum atomic E-state index is -0.187. The predicted molar refractivity (Wildman–Crippen MR) is 98.7 cm³/mol. The van der Waals surface area contributed by atoms with Crippen LogP contribution in [0.15, 0.2) is 47.5 Å². The van der Waals surface area contributed by atoms with E-state index >= 15 is 0 Å². The number of hydrogen-bond donors (Lipinski definition) is 2. The largest absolute Gasteiger partial charge is 0.497 e. The van der Waals surface area contributed by atoms with E-state index in [4.69, 9.17) is 19.9 Å². The average Bonchev–Trinajstić information content (AvgIpc) is 3.08. The molecule has 2 aromatic carbocycles. The zero-order chi connectivity index (χ0) is 17.9. The fourth-order valence-electron chi connectivity index (χ4n) is 2.55. The van der Waals surface area contributed by atoms with Gasteiger partial charge in [0.05, 0.1) is 13.7 Å². The molecule has 2 aromatic rings. The zero-order valence-electron chi connectivity index (χ0n) is 14.7. The Labute approximate surface area is 147 Å². The number of methoxy groups -OCH3 is 1. The van der Waals surface area contributed by atoms with Crippen LogP contribution in [0.5, 0.6) is 17.2 Å². The Bertz CT molecular complexity index is 770. The number of anilines is 1. The summed E-state index contributed by atoms with van der Waals surface area (Å²) >= 11 is 0. The molecular formula is C19H23N3O3. The minimum Gasteiger partial charge on any atom is -0.497 e. The van der Waals surface area contributed by atoms with Crippen LogP contribution in [0, 0.1) is 0 Å². The van der Waals surface area contributed by atoms with E-state index in [9.17, 15) is 0 Å². The van der Waals surface area contributed by atoms with Gasteiger partial charge in [0, 0.05) is 11.1 Å². The van der Waals surface area contributed by atoms with E-state index in [1.807, 2.05) is 42.5 Å². The van der Waals surface area contributed by atoms with Crippen molar-refractivity contribution in [2.24, 2.45) is 10.7 Å². The quantitative estimate of drug-likeness (QED) is 0.645. The van der Waals surface area contributed by atoms with Crippen LogP contribution in [0.25, 0.3) is 0 Å². The van der Waals surface area contributed by atoms with E-state index in [1.54, 1.807) is 7.11 Å². The van der Waals surface area contributed by atoms with Gasteiger partial charge in [-0.3, -0.25) is 4.99 Å². The van der Waals surface area contributed by atoms with Crippen LogP contribution in [0.2, 0.25) is 0 Å². The van der Waals surface area contributed by atoms with Gasteiger partial charge in [0.25, 0.3) is 0 Å². The molecule has 0 bridgehead atoms. The Morgan fingerprint density at radius 1 is 1.16 bits per heavy atom. The van der Waals surface area contributed by atoms with Gasteiger partial charge in [-0.2, -0.15) is 0 Å². The molecule has 6 nitrogen and oxygen atoms in total. The number of guanidine groups is 1. The molecule has 0 spiro atoms. The van der Waals surface area contributed by atoms with Gasteiger partial charge in [0.15, 0.2) is 17.5 Å². The molecule has 6 heteroatoms. The van der Waals surface area contributed by atoms with Gasteiger partial charge >= 0.3 is 0 Å². The third-order valence-corrected chi connectivity index (χ3v) is 4.16. The molecular weight excluding hydrogens is 318 g/mol. The average molecular weight is 341 g/mol. The molecule has 0 saturated carbocycles. The Hall–Kier alpha value is -2.89. The fraction of sp³-hybridized carbons (Fsp3) is 0.316. The smallest absolute Gasteiger partial charge is 0.231 e. The van der Waals surface area contributed by atoms with Gasteiger partial charge in [-0.05, 0) is 42.0 Å². The number of nitrogens with zero attached hydrogens (tertiary/aromatic N) is 1. The van der Waals surface area contributed by atoms with E-state index in [0.717, 1.165) is 28.5 Å². The second kappa shape index (κ2) is 6.93. The summed E-state index contributed by atoms with van der Waals surface area (Å²) in [6.45, 7) is 5.06. The number of fused-ring (bicyclic) bond motifs is 1.